The van der Waals surface area contributed by atoms with Crippen molar-refractivity contribution in [1.82, 2.24) is 15.2 Å². The Labute approximate surface area is 201 Å². The minimum absolute atomic E-state index is 0.0285. The minimum Gasteiger partial charge on any atom is -0.490 e. The molecule has 0 saturated carbocycles. The molecule has 2 aromatic rings. The summed E-state index contributed by atoms with van der Waals surface area (Å²) >= 11 is 0. The van der Waals surface area contributed by atoms with Crippen LogP contribution in [0.15, 0.2) is 72.4 Å². The van der Waals surface area contributed by atoms with Crippen LogP contribution < -0.4 is 5.32 Å². The predicted molar refractivity (Wildman–Crippen MR) is 132 cm³/mol. The molecule has 2 aliphatic rings. The molecule has 1 unspecified atom stereocenters. The third kappa shape index (κ3) is 6.32. The van der Waals surface area contributed by atoms with Crippen LogP contribution in [0.25, 0.3) is 0 Å². The van der Waals surface area contributed by atoms with E-state index in [4.69, 9.17) is 4.74 Å². The fourth-order valence-corrected chi connectivity index (χ4v) is 4.58. The summed E-state index contributed by atoms with van der Waals surface area (Å²) in [7, 11) is 0. The van der Waals surface area contributed by atoms with Gasteiger partial charge in [0.1, 0.15) is 6.61 Å². The first-order valence-corrected chi connectivity index (χ1v) is 12.4. The molecule has 34 heavy (non-hydrogen) atoms. The fourth-order valence-electron chi connectivity index (χ4n) is 4.58. The highest BCUT2D eigenvalue weighted by Crippen LogP contribution is 2.25. The lowest BCUT2D eigenvalue weighted by Gasteiger charge is -2.32. The molecule has 1 fully saturated rings. The average Bonchev–Trinajstić information content (AvgIpc) is 2.89. The summed E-state index contributed by atoms with van der Waals surface area (Å²) in [6.07, 6.45) is 9.27. The van der Waals surface area contributed by atoms with Crippen molar-refractivity contribution in [3.05, 3.63) is 89.2 Å². The zero-order valence-electron chi connectivity index (χ0n) is 19.9. The summed E-state index contributed by atoms with van der Waals surface area (Å²) in [5.41, 5.74) is 3.14. The number of aromatic nitrogens is 1. The molecule has 6 heteroatoms. The van der Waals surface area contributed by atoms with Gasteiger partial charge < -0.3 is 10.1 Å². The van der Waals surface area contributed by atoms with Crippen molar-refractivity contribution >= 4 is 5.91 Å². The molecule has 1 aliphatic carbocycles. The lowest BCUT2D eigenvalue weighted by molar-refractivity contribution is -0.127. The monoisotopic (exact) mass is 463 g/mol. The van der Waals surface area contributed by atoms with Crippen molar-refractivity contribution in [3.8, 4) is 0 Å². The summed E-state index contributed by atoms with van der Waals surface area (Å²) in [5, 5.41) is 3.28. The number of carbonyl (C=O) groups is 1. The predicted octanol–water partition coefficient (Wildman–Crippen LogP) is 5.11. The van der Waals surface area contributed by atoms with Crippen LogP contribution in [-0.2, 0) is 16.0 Å². The second-order valence-corrected chi connectivity index (χ2v) is 8.96. The third-order valence-electron chi connectivity index (χ3n) is 6.64. The highest BCUT2D eigenvalue weighted by Gasteiger charge is 2.28. The van der Waals surface area contributed by atoms with E-state index in [9.17, 15) is 9.18 Å². The first-order valence-electron chi connectivity index (χ1n) is 12.4. The second kappa shape index (κ2) is 11.9. The van der Waals surface area contributed by atoms with Gasteiger partial charge in [-0.1, -0.05) is 37.3 Å². The number of piperidine rings is 1. The van der Waals surface area contributed by atoms with Crippen LogP contribution in [0, 0.1) is 5.92 Å². The van der Waals surface area contributed by atoms with E-state index in [1.807, 2.05) is 30.3 Å². The molecule has 0 spiro atoms. The Morgan fingerprint density at radius 3 is 2.74 bits per heavy atom. The van der Waals surface area contributed by atoms with E-state index in [0.717, 1.165) is 63.0 Å². The fraction of sp³-hybridized carbons (Fsp3) is 0.429. The molecule has 1 atom stereocenters. The summed E-state index contributed by atoms with van der Waals surface area (Å²) < 4.78 is 19.4. The van der Waals surface area contributed by atoms with Crippen molar-refractivity contribution in [3.63, 3.8) is 0 Å². The minimum atomic E-state index is -0.265. The van der Waals surface area contributed by atoms with Crippen LogP contribution >= 0.6 is 0 Å². The maximum Gasteiger partial charge on any atom is 0.224 e. The molecule has 180 valence electrons. The number of nitrogens with zero attached hydrogens (tertiary/aromatic N) is 2. The number of ether oxygens (including phenoxy) is 1. The van der Waals surface area contributed by atoms with E-state index in [1.54, 1.807) is 12.3 Å². The van der Waals surface area contributed by atoms with E-state index in [2.05, 4.69) is 40.3 Å². The number of likely N-dealkylation sites (tertiary alicyclic amines) is 1. The molecule has 1 aliphatic heterocycles. The Bertz CT molecular complexity index is 1010. The second-order valence-electron chi connectivity index (χ2n) is 8.96. The lowest BCUT2D eigenvalue weighted by Crippen LogP contribution is -2.42. The van der Waals surface area contributed by atoms with Gasteiger partial charge in [-0.15, -0.1) is 0 Å². The lowest BCUT2D eigenvalue weighted by atomic mass is 9.94. The molecule has 1 aromatic heterocycles. The maximum atomic E-state index is 13.8. The smallest absolute Gasteiger partial charge is 0.224 e. The number of amides is 1. The Hall–Kier alpha value is -2.99. The Morgan fingerprint density at radius 1 is 1.18 bits per heavy atom. The number of pyridine rings is 1. The van der Waals surface area contributed by atoms with Gasteiger partial charge in [0.2, 0.25) is 5.91 Å². The van der Waals surface area contributed by atoms with Gasteiger partial charge in [0.15, 0.2) is 11.6 Å². The van der Waals surface area contributed by atoms with Gasteiger partial charge in [0, 0.05) is 18.7 Å². The van der Waals surface area contributed by atoms with Gasteiger partial charge in [0.25, 0.3) is 0 Å². The van der Waals surface area contributed by atoms with Crippen molar-refractivity contribution in [2.24, 2.45) is 5.92 Å². The number of hydrogen-bond acceptors (Lipinski definition) is 4. The van der Waals surface area contributed by atoms with Crippen molar-refractivity contribution in [2.45, 2.75) is 45.1 Å². The van der Waals surface area contributed by atoms with Crippen molar-refractivity contribution < 1.29 is 13.9 Å². The summed E-state index contributed by atoms with van der Waals surface area (Å²) in [5.74, 6) is 0.161. The Morgan fingerprint density at radius 2 is 2.00 bits per heavy atom. The van der Waals surface area contributed by atoms with Crippen LogP contribution in [-0.4, -0.2) is 42.0 Å². The Balaban J connectivity index is 1.31. The van der Waals surface area contributed by atoms with Gasteiger partial charge in [-0.25, -0.2) is 4.39 Å². The largest absolute Gasteiger partial charge is 0.490 e. The Kier molecular flexibility index (Phi) is 8.47. The molecule has 5 nitrogen and oxygen atoms in total. The average molecular weight is 464 g/mol. The number of halogens is 1. The molecular weight excluding hydrogens is 429 g/mol. The number of nitrogens with one attached hydrogen (secondary N) is 1. The third-order valence-corrected chi connectivity index (χ3v) is 6.64. The van der Waals surface area contributed by atoms with E-state index < -0.39 is 0 Å². The van der Waals surface area contributed by atoms with E-state index in [1.165, 1.54) is 5.56 Å². The van der Waals surface area contributed by atoms with Crippen LogP contribution in [0.3, 0.4) is 0 Å². The zero-order chi connectivity index (χ0) is 23.8. The maximum absolute atomic E-state index is 13.8. The molecule has 0 bridgehead atoms. The number of benzene rings is 1. The molecule has 4 rings (SSSR count). The topological polar surface area (TPSA) is 54.5 Å². The molecule has 0 radical (unpaired) electrons. The first kappa shape index (κ1) is 24.1. The number of allylic oxidation sites excluding steroid dienone is 3. The highest BCUT2D eigenvalue weighted by molar-refractivity contribution is 5.79. The van der Waals surface area contributed by atoms with Crippen molar-refractivity contribution in [1.29, 1.82) is 0 Å². The van der Waals surface area contributed by atoms with E-state index in [0.29, 0.717) is 12.4 Å². The van der Waals surface area contributed by atoms with Gasteiger partial charge in [-0.2, -0.15) is 0 Å². The molecule has 1 aromatic carbocycles. The molecule has 1 amide bonds. The van der Waals surface area contributed by atoms with Crippen LogP contribution in [0.2, 0.25) is 0 Å². The number of aryl methyl sites for hydroxylation is 1. The van der Waals surface area contributed by atoms with Crippen molar-refractivity contribution in [2.75, 3.05) is 26.2 Å². The van der Waals surface area contributed by atoms with E-state index in [-0.39, 0.29) is 23.7 Å². The summed E-state index contributed by atoms with van der Waals surface area (Å²) in [6, 6.07) is 13.9. The van der Waals surface area contributed by atoms with Gasteiger partial charge in [-0.3, -0.25) is 14.7 Å². The standard InChI is InChI=1S/C28H34FN3O2/c1-2-21-8-7-9-23(20-21)27(25-11-5-6-15-30-25)31-28(33)22-13-16-32(17-14-22)18-19-34-26-12-4-3-10-24(26)29/h5-12,15,20,22,27H,2-4,13-14,16-19H2,1H3,(H,31,33). The molecule has 1 N–H and O–H groups in total. The SMILES string of the molecule is CCc1cccc(C(NC(=O)C2CCN(CCOC3=CCCC=C3F)CC2)c2ccccn2)c1. The summed E-state index contributed by atoms with van der Waals surface area (Å²) in [4.78, 5) is 20.0. The van der Waals surface area contributed by atoms with E-state index >= 15 is 0 Å². The number of rotatable bonds is 9. The number of hydrogen-bond donors (Lipinski definition) is 1. The van der Waals surface area contributed by atoms with Gasteiger partial charge >= 0.3 is 0 Å². The van der Waals surface area contributed by atoms with Crippen LogP contribution in [0.1, 0.15) is 55.5 Å². The number of carbonyl (C=O) groups excluding carboxylic acids is 1. The van der Waals surface area contributed by atoms with Crippen LogP contribution in [0.5, 0.6) is 0 Å². The quantitative estimate of drug-likeness (QED) is 0.562. The molecule has 2 heterocycles. The first-order chi connectivity index (χ1) is 16.6. The highest BCUT2D eigenvalue weighted by atomic mass is 19.1. The zero-order valence-corrected chi connectivity index (χ0v) is 19.9. The normalized spacial score (nSPS) is 18.1. The van der Waals surface area contributed by atoms with Gasteiger partial charge in [-0.05, 0) is 80.6 Å². The molecule has 1 saturated heterocycles. The van der Waals surface area contributed by atoms with Crippen LogP contribution in [0.4, 0.5) is 4.39 Å². The summed E-state index contributed by atoms with van der Waals surface area (Å²) in [6.45, 7) is 4.99. The molecular formula is C28H34FN3O2. The van der Waals surface area contributed by atoms with Gasteiger partial charge in [0.05, 0.1) is 11.7 Å².